The predicted molar refractivity (Wildman–Crippen MR) is 71.7 cm³/mol. The summed E-state index contributed by atoms with van der Waals surface area (Å²) in [6.07, 6.45) is 1.61. The summed E-state index contributed by atoms with van der Waals surface area (Å²) in [5.74, 6) is -0.509. The number of hydrogen-bond acceptors (Lipinski definition) is 5. The van der Waals surface area contributed by atoms with Gasteiger partial charge in [-0.3, -0.25) is 0 Å². The van der Waals surface area contributed by atoms with Crippen molar-refractivity contribution < 1.29 is 19.0 Å². The van der Waals surface area contributed by atoms with Crippen molar-refractivity contribution in [3.63, 3.8) is 0 Å². The van der Waals surface area contributed by atoms with Crippen LogP contribution in [0.25, 0.3) is 0 Å². The molecule has 2 rings (SSSR count). The first-order valence-corrected chi connectivity index (χ1v) is 6.90. The molecule has 2 heterocycles. The van der Waals surface area contributed by atoms with E-state index in [1.165, 1.54) is 0 Å². The van der Waals surface area contributed by atoms with Crippen LogP contribution in [0.5, 0.6) is 0 Å². The molecule has 112 valence electrons. The molecule has 2 aliphatic rings. The Bertz CT molecular complexity index is 311. The molecule has 19 heavy (non-hydrogen) atoms. The highest BCUT2D eigenvalue weighted by Gasteiger charge is 2.57. The minimum atomic E-state index is -0.509. The van der Waals surface area contributed by atoms with Gasteiger partial charge in [0.25, 0.3) is 0 Å². The summed E-state index contributed by atoms with van der Waals surface area (Å²) in [6.45, 7) is 9.83. The molecule has 1 unspecified atom stereocenters. The summed E-state index contributed by atoms with van der Waals surface area (Å²) in [7, 11) is 3.42. The molecule has 2 aliphatic heterocycles. The van der Waals surface area contributed by atoms with E-state index in [2.05, 4.69) is 32.8 Å². The van der Waals surface area contributed by atoms with Gasteiger partial charge in [-0.1, -0.05) is 0 Å². The quantitative estimate of drug-likeness (QED) is 0.786. The van der Waals surface area contributed by atoms with Crippen molar-refractivity contribution in [2.24, 2.45) is 0 Å². The van der Waals surface area contributed by atoms with Crippen LogP contribution in [-0.4, -0.2) is 55.5 Å². The van der Waals surface area contributed by atoms with Crippen molar-refractivity contribution in [3.05, 3.63) is 0 Å². The summed E-state index contributed by atoms with van der Waals surface area (Å²) in [5, 5.41) is 2.06. The monoisotopic (exact) mass is 273 g/mol. The highest BCUT2D eigenvalue weighted by atomic mass is 16.8. The molecule has 1 spiro atoms. The van der Waals surface area contributed by atoms with Crippen LogP contribution in [0.15, 0.2) is 0 Å². The van der Waals surface area contributed by atoms with Crippen LogP contribution < -0.4 is 0 Å². The number of hydroxylamine groups is 2. The van der Waals surface area contributed by atoms with Gasteiger partial charge in [0.1, 0.15) is 6.10 Å². The maximum absolute atomic E-state index is 6.16. The summed E-state index contributed by atoms with van der Waals surface area (Å²) in [5.41, 5.74) is -0.281. The molecule has 0 N–H and O–H groups in total. The number of hydrogen-bond donors (Lipinski definition) is 0. The van der Waals surface area contributed by atoms with Crippen LogP contribution in [0.4, 0.5) is 0 Å². The molecule has 0 aromatic rings. The molecule has 0 aliphatic carbocycles. The molecule has 2 saturated heterocycles. The van der Waals surface area contributed by atoms with Gasteiger partial charge in [-0.05, 0) is 27.7 Å². The van der Waals surface area contributed by atoms with E-state index in [0.717, 1.165) is 12.8 Å². The van der Waals surface area contributed by atoms with E-state index < -0.39 is 5.79 Å². The van der Waals surface area contributed by atoms with Gasteiger partial charge in [0.15, 0.2) is 5.79 Å². The van der Waals surface area contributed by atoms with Crippen LogP contribution >= 0.6 is 0 Å². The Hall–Kier alpha value is -0.200. The Labute approximate surface area is 116 Å². The second kappa shape index (κ2) is 4.97. The van der Waals surface area contributed by atoms with Crippen LogP contribution in [0.3, 0.4) is 0 Å². The Balaban J connectivity index is 2.18. The highest BCUT2D eigenvalue weighted by molar-refractivity contribution is 5.02. The van der Waals surface area contributed by atoms with Gasteiger partial charge < -0.3 is 19.0 Å². The molecular weight excluding hydrogens is 246 g/mol. The summed E-state index contributed by atoms with van der Waals surface area (Å²) < 4.78 is 17.4. The zero-order chi connectivity index (χ0) is 14.3. The fraction of sp³-hybridized carbons (Fsp3) is 1.00. The third-order valence-corrected chi connectivity index (χ3v) is 3.95. The average molecular weight is 273 g/mol. The van der Waals surface area contributed by atoms with Gasteiger partial charge in [-0.2, -0.15) is 5.06 Å². The summed E-state index contributed by atoms with van der Waals surface area (Å²) >= 11 is 0. The first-order chi connectivity index (χ1) is 8.75. The second-order valence-electron chi connectivity index (χ2n) is 6.87. The van der Waals surface area contributed by atoms with Crippen LogP contribution in [0.2, 0.25) is 0 Å². The Morgan fingerprint density at radius 3 is 2.16 bits per heavy atom. The van der Waals surface area contributed by atoms with Gasteiger partial charge in [-0.25, -0.2) is 0 Å². The lowest BCUT2D eigenvalue weighted by Gasteiger charge is -2.55. The largest absolute Gasteiger partial charge is 0.382 e. The Morgan fingerprint density at radius 2 is 1.68 bits per heavy atom. The zero-order valence-corrected chi connectivity index (χ0v) is 13.0. The van der Waals surface area contributed by atoms with Gasteiger partial charge >= 0.3 is 0 Å². The highest BCUT2D eigenvalue weighted by Crippen LogP contribution is 2.48. The van der Waals surface area contributed by atoms with E-state index in [1.807, 2.05) is 0 Å². The second-order valence-corrected chi connectivity index (χ2v) is 6.87. The molecular formula is C14H27NO4. The smallest absolute Gasteiger partial charge is 0.172 e. The van der Waals surface area contributed by atoms with E-state index in [1.54, 1.807) is 14.2 Å². The standard InChI is InChI=1S/C14H27NO4/c1-12(2)9-14(10-13(3,4)15(12)17-6)18-8-11(19-14)7-16-5/h11H,7-10H2,1-6H3. The van der Waals surface area contributed by atoms with Gasteiger partial charge in [0.05, 0.1) is 20.3 Å². The van der Waals surface area contributed by atoms with Gasteiger partial charge in [0, 0.05) is 31.0 Å². The maximum Gasteiger partial charge on any atom is 0.172 e. The number of ether oxygens (including phenoxy) is 3. The number of rotatable bonds is 3. The lowest BCUT2D eigenvalue weighted by atomic mass is 9.78. The van der Waals surface area contributed by atoms with Gasteiger partial charge in [-0.15, -0.1) is 0 Å². The van der Waals surface area contributed by atoms with Crippen molar-refractivity contribution >= 4 is 0 Å². The van der Waals surface area contributed by atoms with E-state index in [4.69, 9.17) is 19.0 Å². The lowest BCUT2D eigenvalue weighted by Crippen LogP contribution is -2.65. The third-order valence-electron chi connectivity index (χ3n) is 3.95. The van der Waals surface area contributed by atoms with Crippen LogP contribution in [0.1, 0.15) is 40.5 Å². The maximum atomic E-state index is 6.16. The molecule has 0 amide bonds. The van der Waals surface area contributed by atoms with Crippen molar-refractivity contribution in [2.75, 3.05) is 27.4 Å². The molecule has 1 atom stereocenters. The minimum Gasteiger partial charge on any atom is -0.382 e. The average Bonchev–Trinajstić information content (AvgIpc) is 2.57. The molecule has 0 bridgehead atoms. The lowest BCUT2D eigenvalue weighted by molar-refractivity contribution is -0.328. The number of methoxy groups -OCH3 is 1. The molecule has 0 radical (unpaired) electrons. The van der Waals surface area contributed by atoms with E-state index in [0.29, 0.717) is 13.2 Å². The molecule has 0 saturated carbocycles. The first-order valence-electron chi connectivity index (χ1n) is 6.90. The van der Waals surface area contributed by atoms with Crippen molar-refractivity contribution in [1.29, 1.82) is 0 Å². The normalized spacial score (nSPS) is 32.8. The first kappa shape index (κ1) is 15.2. The molecule has 0 aromatic heterocycles. The van der Waals surface area contributed by atoms with E-state index in [-0.39, 0.29) is 17.2 Å². The Kier molecular flexibility index (Phi) is 3.97. The number of piperidine rings is 1. The number of nitrogens with zero attached hydrogens (tertiary/aromatic N) is 1. The SMILES string of the molecule is COCC1COC2(CC(C)(C)N(OC)C(C)(C)C2)O1. The molecule has 5 heteroatoms. The minimum absolute atomic E-state index is 0.0331. The molecule has 5 nitrogen and oxygen atoms in total. The summed E-state index contributed by atoms with van der Waals surface area (Å²) in [4.78, 5) is 5.60. The molecule has 2 fully saturated rings. The summed E-state index contributed by atoms with van der Waals surface area (Å²) in [6, 6.07) is 0. The fourth-order valence-electron chi connectivity index (χ4n) is 3.91. The topological polar surface area (TPSA) is 40.2 Å². The van der Waals surface area contributed by atoms with E-state index in [9.17, 15) is 0 Å². The zero-order valence-electron chi connectivity index (χ0n) is 13.0. The predicted octanol–water partition coefficient (Wildman–Crippen LogP) is 1.96. The van der Waals surface area contributed by atoms with Crippen LogP contribution in [-0.2, 0) is 19.0 Å². The van der Waals surface area contributed by atoms with Gasteiger partial charge in [0.2, 0.25) is 0 Å². The molecule has 0 aromatic carbocycles. The van der Waals surface area contributed by atoms with Crippen molar-refractivity contribution in [1.82, 2.24) is 5.06 Å². The fourth-order valence-corrected chi connectivity index (χ4v) is 3.91. The third kappa shape index (κ3) is 2.81. The van der Waals surface area contributed by atoms with Crippen molar-refractivity contribution in [2.45, 2.75) is 63.5 Å². The van der Waals surface area contributed by atoms with Crippen molar-refractivity contribution in [3.8, 4) is 0 Å². The van der Waals surface area contributed by atoms with E-state index >= 15 is 0 Å². The van der Waals surface area contributed by atoms with Crippen LogP contribution in [0, 0.1) is 0 Å². The Morgan fingerprint density at radius 1 is 1.11 bits per heavy atom.